The highest BCUT2D eigenvalue weighted by Crippen LogP contribution is 2.05. The number of likely N-dealkylation sites (N-methyl/N-ethyl adjacent to an activating group) is 1. The van der Waals surface area contributed by atoms with Crippen LogP contribution in [0.3, 0.4) is 0 Å². The van der Waals surface area contributed by atoms with E-state index in [2.05, 4.69) is 16.8 Å². The van der Waals surface area contributed by atoms with Crippen molar-refractivity contribution in [3.8, 4) is 0 Å². The van der Waals surface area contributed by atoms with Crippen molar-refractivity contribution in [3.63, 3.8) is 0 Å². The van der Waals surface area contributed by atoms with Crippen molar-refractivity contribution in [2.24, 2.45) is 0 Å². The summed E-state index contributed by atoms with van der Waals surface area (Å²) >= 11 is 0. The van der Waals surface area contributed by atoms with Gasteiger partial charge in [-0.05, 0) is 20.0 Å². The van der Waals surface area contributed by atoms with Gasteiger partial charge in [-0.15, -0.1) is 24.8 Å². The van der Waals surface area contributed by atoms with E-state index in [9.17, 15) is 4.79 Å². The van der Waals surface area contributed by atoms with Crippen molar-refractivity contribution in [1.29, 1.82) is 0 Å². The summed E-state index contributed by atoms with van der Waals surface area (Å²) in [6.07, 6.45) is 0.914. The lowest BCUT2D eigenvalue weighted by Gasteiger charge is -2.32. The Bertz CT molecular complexity index is 248. The largest absolute Gasteiger partial charge is 0.448 e. The Hall–Kier alpha value is -0.230. The number of cyclic esters (lactones) is 1. The van der Waals surface area contributed by atoms with Crippen molar-refractivity contribution >= 4 is 30.9 Å². The summed E-state index contributed by atoms with van der Waals surface area (Å²) in [5.41, 5.74) is 0. The average molecular weight is 300 g/mol. The highest BCUT2D eigenvalue weighted by atomic mass is 35.5. The summed E-state index contributed by atoms with van der Waals surface area (Å²) in [5.74, 6) is 0. The molecule has 2 aliphatic rings. The van der Waals surface area contributed by atoms with Gasteiger partial charge in [0.15, 0.2) is 0 Å². The minimum Gasteiger partial charge on any atom is -0.448 e. The second-order valence-electron chi connectivity index (χ2n) is 4.60. The number of halogens is 2. The van der Waals surface area contributed by atoms with Gasteiger partial charge in [0.05, 0.1) is 6.54 Å². The predicted octanol–water partition coefficient (Wildman–Crippen LogP) is 0.920. The Kier molecular flexibility index (Phi) is 8.69. The standard InChI is InChI=1S/C11H21N3O2.2ClH/c1-12-5-7-13(8-6-12)3-2-4-14-9-10-16-11(14)15;;/h2-10H2,1H3;2*1H. The topological polar surface area (TPSA) is 36.0 Å². The third-order valence-corrected chi connectivity index (χ3v) is 3.34. The molecule has 5 nitrogen and oxygen atoms in total. The third-order valence-electron chi connectivity index (χ3n) is 3.34. The minimum absolute atomic E-state index is 0. The van der Waals surface area contributed by atoms with E-state index in [4.69, 9.17) is 4.74 Å². The monoisotopic (exact) mass is 299 g/mol. The van der Waals surface area contributed by atoms with Crippen LogP contribution in [0.25, 0.3) is 0 Å². The van der Waals surface area contributed by atoms with E-state index in [0.717, 1.165) is 52.2 Å². The number of ether oxygens (including phenoxy) is 1. The van der Waals surface area contributed by atoms with Crippen LogP contribution in [0, 0.1) is 0 Å². The lowest BCUT2D eigenvalue weighted by atomic mass is 10.3. The fourth-order valence-corrected chi connectivity index (χ4v) is 2.19. The quantitative estimate of drug-likeness (QED) is 0.773. The molecule has 0 aromatic rings. The SMILES string of the molecule is CN1CCN(CCCN2CCOC2=O)CC1.Cl.Cl. The Morgan fingerprint density at radius 3 is 2.28 bits per heavy atom. The normalized spacial score (nSPS) is 21.2. The molecule has 2 heterocycles. The summed E-state index contributed by atoms with van der Waals surface area (Å²) in [6.45, 7) is 7.89. The molecule has 0 spiro atoms. The van der Waals surface area contributed by atoms with Crippen LogP contribution in [0.1, 0.15) is 6.42 Å². The molecule has 7 heteroatoms. The van der Waals surface area contributed by atoms with Crippen LogP contribution in [-0.4, -0.2) is 80.3 Å². The third kappa shape index (κ3) is 5.18. The first-order valence-electron chi connectivity index (χ1n) is 6.08. The van der Waals surface area contributed by atoms with E-state index < -0.39 is 0 Å². The van der Waals surface area contributed by atoms with E-state index >= 15 is 0 Å². The average Bonchev–Trinajstić information content (AvgIpc) is 2.68. The summed E-state index contributed by atoms with van der Waals surface area (Å²) in [4.78, 5) is 17.8. The number of amides is 1. The van der Waals surface area contributed by atoms with Gasteiger partial charge in [-0.2, -0.15) is 0 Å². The molecule has 0 saturated carbocycles. The van der Waals surface area contributed by atoms with Crippen LogP contribution in [0.4, 0.5) is 4.79 Å². The number of carbonyl (C=O) groups excluding carboxylic acids is 1. The molecule has 2 rings (SSSR count). The molecule has 2 fully saturated rings. The Balaban J connectivity index is 0.00000144. The first-order valence-corrected chi connectivity index (χ1v) is 6.08. The Morgan fingerprint density at radius 1 is 1.06 bits per heavy atom. The zero-order valence-electron chi connectivity index (χ0n) is 10.8. The summed E-state index contributed by atoms with van der Waals surface area (Å²) < 4.78 is 4.89. The molecule has 2 aliphatic heterocycles. The van der Waals surface area contributed by atoms with E-state index in [0.29, 0.717) is 6.61 Å². The maximum Gasteiger partial charge on any atom is 0.409 e. The Labute approximate surface area is 121 Å². The van der Waals surface area contributed by atoms with Gasteiger partial charge in [0.25, 0.3) is 0 Å². The van der Waals surface area contributed by atoms with Crippen molar-refractivity contribution in [2.75, 3.05) is 59.5 Å². The predicted molar refractivity (Wildman–Crippen MR) is 76.0 cm³/mol. The van der Waals surface area contributed by atoms with E-state index in [-0.39, 0.29) is 30.9 Å². The van der Waals surface area contributed by atoms with Crippen molar-refractivity contribution in [2.45, 2.75) is 6.42 Å². The molecule has 0 aliphatic carbocycles. The van der Waals surface area contributed by atoms with Gasteiger partial charge in [-0.25, -0.2) is 4.79 Å². The van der Waals surface area contributed by atoms with Gasteiger partial charge < -0.3 is 19.4 Å². The molecule has 18 heavy (non-hydrogen) atoms. The molecule has 0 atom stereocenters. The van der Waals surface area contributed by atoms with Crippen molar-refractivity contribution < 1.29 is 9.53 Å². The molecule has 108 valence electrons. The Morgan fingerprint density at radius 2 is 1.72 bits per heavy atom. The highest BCUT2D eigenvalue weighted by Gasteiger charge is 2.21. The highest BCUT2D eigenvalue weighted by molar-refractivity contribution is 5.85. The number of piperazine rings is 1. The smallest absolute Gasteiger partial charge is 0.409 e. The van der Waals surface area contributed by atoms with Gasteiger partial charge in [0.2, 0.25) is 0 Å². The molecular weight excluding hydrogens is 277 g/mol. The molecular formula is C11H23Cl2N3O2. The van der Waals surface area contributed by atoms with Gasteiger partial charge in [0, 0.05) is 32.7 Å². The molecule has 0 aromatic carbocycles. The second kappa shape index (κ2) is 8.80. The fraction of sp³-hybridized carbons (Fsp3) is 0.909. The zero-order valence-corrected chi connectivity index (χ0v) is 12.5. The van der Waals surface area contributed by atoms with Crippen LogP contribution < -0.4 is 0 Å². The first kappa shape index (κ1) is 17.8. The summed E-state index contributed by atoms with van der Waals surface area (Å²) in [7, 11) is 2.16. The van der Waals surface area contributed by atoms with Gasteiger partial charge in [0.1, 0.15) is 6.61 Å². The van der Waals surface area contributed by atoms with Crippen molar-refractivity contribution in [3.05, 3.63) is 0 Å². The van der Waals surface area contributed by atoms with Gasteiger partial charge in [-0.1, -0.05) is 0 Å². The van der Waals surface area contributed by atoms with Gasteiger partial charge >= 0.3 is 6.09 Å². The maximum absolute atomic E-state index is 11.2. The van der Waals surface area contributed by atoms with Crippen LogP contribution in [0.15, 0.2) is 0 Å². The van der Waals surface area contributed by atoms with Crippen LogP contribution in [-0.2, 0) is 4.74 Å². The zero-order chi connectivity index (χ0) is 11.4. The molecule has 0 radical (unpaired) electrons. The summed E-state index contributed by atoms with van der Waals surface area (Å²) in [5, 5.41) is 0. The number of hydrogen-bond donors (Lipinski definition) is 0. The van der Waals surface area contributed by atoms with Crippen LogP contribution in [0.2, 0.25) is 0 Å². The fourth-order valence-electron chi connectivity index (χ4n) is 2.19. The summed E-state index contributed by atoms with van der Waals surface area (Å²) in [6, 6.07) is 0. The first-order chi connectivity index (χ1) is 7.75. The minimum atomic E-state index is -0.140. The van der Waals surface area contributed by atoms with Gasteiger partial charge in [-0.3, -0.25) is 0 Å². The van der Waals surface area contributed by atoms with Crippen LogP contribution >= 0.6 is 24.8 Å². The maximum atomic E-state index is 11.2. The number of hydrogen-bond acceptors (Lipinski definition) is 4. The van der Waals surface area contributed by atoms with E-state index in [1.54, 1.807) is 4.90 Å². The molecule has 1 amide bonds. The molecule has 0 N–H and O–H groups in total. The van der Waals surface area contributed by atoms with E-state index in [1.165, 1.54) is 0 Å². The lowest BCUT2D eigenvalue weighted by molar-refractivity contribution is 0.143. The van der Waals surface area contributed by atoms with E-state index in [1.807, 2.05) is 0 Å². The van der Waals surface area contributed by atoms with Crippen LogP contribution in [0.5, 0.6) is 0 Å². The lowest BCUT2D eigenvalue weighted by Crippen LogP contribution is -2.45. The van der Waals surface area contributed by atoms with Crippen molar-refractivity contribution in [1.82, 2.24) is 14.7 Å². The molecule has 0 unspecified atom stereocenters. The second-order valence-corrected chi connectivity index (χ2v) is 4.60. The molecule has 0 bridgehead atoms. The molecule has 0 aromatic heterocycles. The number of nitrogens with zero attached hydrogens (tertiary/aromatic N) is 3. The molecule has 2 saturated heterocycles. The number of rotatable bonds is 4. The number of carbonyl (C=O) groups is 1.